The number of aromatic nitrogens is 3. The van der Waals surface area contributed by atoms with Crippen LogP contribution < -0.4 is 15.8 Å². The Morgan fingerprint density at radius 2 is 2.05 bits per heavy atom. The number of H-pyrrole nitrogens is 1. The first-order valence-corrected chi connectivity index (χ1v) is 6.41. The van der Waals surface area contributed by atoms with E-state index in [9.17, 15) is 9.18 Å². The number of aromatic amines is 1. The van der Waals surface area contributed by atoms with E-state index in [0.29, 0.717) is 11.5 Å². The summed E-state index contributed by atoms with van der Waals surface area (Å²) in [6, 6.07) is 2.90. The molecule has 1 aliphatic rings. The van der Waals surface area contributed by atoms with Gasteiger partial charge in [0.1, 0.15) is 5.69 Å². The van der Waals surface area contributed by atoms with E-state index in [4.69, 9.17) is 0 Å². The number of anilines is 1. The molecule has 2 aromatic heterocycles. The average molecular weight is 275 g/mol. The molecule has 1 fully saturated rings. The van der Waals surface area contributed by atoms with Crippen LogP contribution in [0.5, 0.6) is 0 Å². The largest absolute Gasteiger partial charge is 0.338 e. The number of hydrogen-bond donors (Lipinski definition) is 2. The average Bonchev–Trinajstić information content (AvgIpc) is 2.50. The maximum absolute atomic E-state index is 13.9. The highest BCUT2D eigenvalue weighted by Crippen LogP contribution is 2.21. The molecule has 0 atom stereocenters. The van der Waals surface area contributed by atoms with Gasteiger partial charge in [-0.25, -0.2) is 14.4 Å². The van der Waals surface area contributed by atoms with Crippen LogP contribution in [0, 0.1) is 5.82 Å². The lowest BCUT2D eigenvalue weighted by Gasteiger charge is -2.27. The molecule has 0 saturated carbocycles. The lowest BCUT2D eigenvalue weighted by atomic mass is 10.2. The number of piperazine rings is 1. The van der Waals surface area contributed by atoms with Crippen LogP contribution >= 0.6 is 0 Å². The lowest BCUT2D eigenvalue weighted by Crippen LogP contribution is -2.44. The van der Waals surface area contributed by atoms with Gasteiger partial charge in [-0.15, -0.1) is 0 Å². The highest BCUT2D eigenvalue weighted by molar-refractivity contribution is 5.59. The molecule has 104 valence electrons. The molecular formula is C13H14FN5O. The van der Waals surface area contributed by atoms with Gasteiger partial charge in [0.15, 0.2) is 5.82 Å². The van der Waals surface area contributed by atoms with Crippen molar-refractivity contribution < 1.29 is 4.39 Å². The van der Waals surface area contributed by atoms with E-state index in [-0.39, 0.29) is 11.3 Å². The predicted molar refractivity (Wildman–Crippen MR) is 73.1 cm³/mol. The summed E-state index contributed by atoms with van der Waals surface area (Å²) < 4.78 is 13.9. The summed E-state index contributed by atoms with van der Waals surface area (Å²) in [6.45, 7) is 3.29. The van der Waals surface area contributed by atoms with Crippen LogP contribution in [0.15, 0.2) is 29.3 Å². The molecule has 2 N–H and O–H groups in total. The molecule has 0 aliphatic carbocycles. The van der Waals surface area contributed by atoms with E-state index in [1.165, 1.54) is 18.5 Å². The number of hydrogen-bond acceptors (Lipinski definition) is 5. The Hall–Kier alpha value is -2.28. The van der Waals surface area contributed by atoms with Crippen molar-refractivity contribution >= 4 is 5.95 Å². The molecular weight excluding hydrogens is 261 g/mol. The summed E-state index contributed by atoms with van der Waals surface area (Å²) >= 11 is 0. The summed E-state index contributed by atoms with van der Waals surface area (Å²) in [7, 11) is 0. The zero-order valence-electron chi connectivity index (χ0n) is 10.8. The van der Waals surface area contributed by atoms with Crippen LogP contribution in [0.2, 0.25) is 0 Å². The van der Waals surface area contributed by atoms with Gasteiger partial charge >= 0.3 is 0 Å². The predicted octanol–water partition coefficient (Wildman–Crippen LogP) is 0.381. The van der Waals surface area contributed by atoms with Crippen LogP contribution in [-0.2, 0) is 0 Å². The van der Waals surface area contributed by atoms with Crippen molar-refractivity contribution in [1.29, 1.82) is 0 Å². The molecule has 6 nitrogen and oxygen atoms in total. The van der Waals surface area contributed by atoms with Crippen LogP contribution in [0.1, 0.15) is 0 Å². The smallest absolute Gasteiger partial charge is 0.247 e. The molecule has 0 bridgehead atoms. The zero-order valence-corrected chi connectivity index (χ0v) is 10.8. The topological polar surface area (TPSA) is 73.9 Å². The van der Waals surface area contributed by atoms with Crippen LogP contribution in [0.3, 0.4) is 0 Å². The molecule has 0 unspecified atom stereocenters. The van der Waals surface area contributed by atoms with Gasteiger partial charge in [-0.3, -0.25) is 4.79 Å². The number of pyridine rings is 1. The molecule has 20 heavy (non-hydrogen) atoms. The monoisotopic (exact) mass is 275 g/mol. The minimum atomic E-state index is -0.504. The highest BCUT2D eigenvalue weighted by Gasteiger charge is 2.16. The fourth-order valence-corrected chi connectivity index (χ4v) is 2.14. The summed E-state index contributed by atoms with van der Waals surface area (Å²) in [5.41, 5.74) is 0.496. The summed E-state index contributed by atoms with van der Waals surface area (Å²) in [4.78, 5) is 23.9. The van der Waals surface area contributed by atoms with Crippen molar-refractivity contribution in [2.45, 2.75) is 0 Å². The molecule has 0 radical (unpaired) electrons. The molecule has 0 aromatic carbocycles. The van der Waals surface area contributed by atoms with Crippen molar-refractivity contribution in [2.75, 3.05) is 31.1 Å². The Labute approximate surface area is 114 Å². The quantitative estimate of drug-likeness (QED) is 0.829. The molecule has 0 spiro atoms. The van der Waals surface area contributed by atoms with Crippen LogP contribution in [0.4, 0.5) is 10.3 Å². The number of nitrogens with zero attached hydrogens (tertiary/aromatic N) is 3. The molecule has 1 saturated heterocycles. The summed E-state index contributed by atoms with van der Waals surface area (Å²) in [6.07, 6.45) is 2.63. The van der Waals surface area contributed by atoms with E-state index < -0.39 is 5.82 Å². The van der Waals surface area contributed by atoms with Crippen LogP contribution in [-0.4, -0.2) is 41.1 Å². The first-order valence-electron chi connectivity index (χ1n) is 6.41. The second kappa shape index (κ2) is 5.38. The Balaban J connectivity index is 1.97. The third-order valence-corrected chi connectivity index (χ3v) is 3.19. The Kier molecular flexibility index (Phi) is 3.42. The Bertz CT molecular complexity index is 646. The molecule has 7 heteroatoms. The number of rotatable bonds is 2. The van der Waals surface area contributed by atoms with Crippen molar-refractivity contribution in [3.8, 4) is 11.3 Å². The van der Waals surface area contributed by atoms with E-state index in [0.717, 1.165) is 26.2 Å². The lowest BCUT2D eigenvalue weighted by molar-refractivity contribution is 0.573. The van der Waals surface area contributed by atoms with Gasteiger partial charge in [0.2, 0.25) is 11.5 Å². The first-order chi connectivity index (χ1) is 9.74. The maximum Gasteiger partial charge on any atom is 0.247 e. The molecule has 3 rings (SSSR count). The minimum Gasteiger partial charge on any atom is -0.338 e. The van der Waals surface area contributed by atoms with Gasteiger partial charge in [-0.1, -0.05) is 0 Å². The van der Waals surface area contributed by atoms with Crippen molar-refractivity contribution in [1.82, 2.24) is 20.3 Å². The third-order valence-electron chi connectivity index (χ3n) is 3.19. The third kappa shape index (κ3) is 2.53. The Morgan fingerprint density at radius 3 is 2.75 bits per heavy atom. The minimum absolute atomic E-state index is 0.199. The normalized spacial score (nSPS) is 15.3. The standard InChI is InChI=1S/C13H14FN5O/c14-10-8-17-13(19-5-3-15-4-6-19)18-12(10)9-1-2-11(20)16-7-9/h1-2,7-8,15H,3-6H2,(H,16,20). The van der Waals surface area contributed by atoms with E-state index >= 15 is 0 Å². The highest BCUT2D eigenvalue weighted by atomic mass is 19.1. The van der Waals surface area contributed by atoms with Gasteiger partial charge in [0.25, 0.3) is 0 Å². The second-order valence-corrected chi connectivity index (χ2v) is 4.55. The van der Waals surface area contributed by atoms with Crippen molar-refractivity contribution in [2.24, 2.45) is 0 Å². The van der Waals surface area contributed by atoms with Gasteiger partial charge < -0.3 is 15.2 Å². The van der Waals surface area contributed by atoms with Gasteiger partial charge in [0, 0.05) is 44.0 Å². The van der Waals surface area contributed by atoms with Crippen molar-refractivity contribution in [3.63, 3.8) is 0 Å². The fourth-order valence-electron chi connectivity index (χ4n) is 2.14. The molecule has 2 aromatic rings. The number of nitrogens with one attached hydrogen (secondary N) is 2. The van der Waals surface area contributed by atoms with Gasteiger partial charge in [-0.2, -0.15) is 0 Å². The summed E-state index contributed by atoms with van der Waals surface area (Å²) in [5.74, 6) is 0.00466. The van der Waals surface area contributed by atoms with E-state index in [2.05, 4.69) is 20.3 Å². The van der Waals surface area contributed by atoms with Gasteiger partial charge in [-0.05, 0) is 6.07 Å². The molecule has 0 amide bonds. The molecule has 3 heterocycles. The van der Waals surface area contributed by atoms with Crippen LogP contribution in [0.25, 0.3) is 11.3 Å². The summed E-state index contributed by atoms with van der Waals surface area (Å²) in [5, 5.41) is 3.24. The SMILES string of the molecule is O=c1ccc(-c2nc(N3CCNCC3)ncc2F)c[nH]1. The van der Waals surface area contributed by atoms with Crippen molar-refractivity contribution in [3.05, 3.63) is 40.7 Å². The fraction of sp³-hybridized carbons (Fsp3) is 0.308. The van der Waals surface area contributed by atoms with E-state index in [1.54, 1.807) is 6.07 Å². The second-order valence-electron chi connectivity index (χ2n) is 4.55. The van der Waals surface area contributed by atoms with E-state index in [1.807, 2.05) is 4.90 Å². The van der Waals surface area contributed by atoms with Gasteiger partial charge in [0.05, 0.1) is 6.20 Å². The zero-order chi connectivity index (χ0) is 13.9. The first kappa shape index (κ1) is 12.7. The Morgan fingerprint density at radius 1 is 1.25 bits per heavy atom. The molecule has 1 aliphatic heterocycles. The number of halogens is 1. The maximum atomic E-state index is 13.9.